The summed E-state index contributed by atoms with van der Waals surface area (Å²) in [5, 5.41) is 3.99. The molecule has 9 heteroatoms. The number of nitrogens with one attached hydrogen (secondary N) is 2. The number of Topliss-reactive ketones (excluding diaryl/α,β-unsaturated/α-hetero) is 1. The van der Waals surface area contributed by atoms with Crippen molar-refractivity contribution in [2.45, 2.75) is 57.8 Å². The highest BCUT2D eigenvalue weighted by Crippen LogP contribution is 2.34. The number of hydrogen-bond acceptors (Lipinski definition) is 7. The highest BCUT2D eigenvalue weighted by atomic mass is 32.1. The van der Waals surface area contributed by atoms with Crippen LogP contribution < -0.4 is 10.9 Å². The van der Waals surface area contributed by atoms with E-state index in [1.807, 2.05) is 0 Å². The fraction of sp³-hybridized carbons (Fsp3) is 0.450. The van der Waals surface area contributed by atoms with Crippen LogP contribution in [0.2, 0.25) is 0 Å². The van der Waals surface area contributed by atoms with E-state index in [2.05, 4.69) is 20.3 Å². The van der Waals surface area contributed by atoms with Crippen LogP contribution in [0.5, 0.6) is 0 Å². The van der Waals surface area contributed by atoms with Gasteiger partial charge >= 0.3 is 0 Å². The summed E-state index contributed by atoms with van der Waals surface area (Å²) < 4.78 is 0. The monoisotopic (exact) mass is 428 g/mol. The second kappa shape index (κ2) is 7.46. The van der Waals surface area contributed by atoms with Crippen LogP contribution in [0.15, 0.2) is 4.79 Å². The van der Waals surface area contributed by atoms with Gasteiger partial charge in [0.2, 0.25) is 5.91 Å². The molecule has 150 valence electrons. The smallest absolute Gasteiger partial charge is 0.259 e. The Hall–Kier alpha value is -2.39. The molecule has 0 aromatic carbocycles. The zero-order chi connectivity index (χ0) is 20.0. The normalized spacial score (nSPS) is 15.9. The second-order valence-electron chi connectivity index (χ2n) is 7.52. The van der Waals surface area contributed by atoms with Gasteiger partial charge in [0.15, 0.2) is 10.9 Å². The van der Waals surface area contributed by atoms with Crippen LogP contribution in [-0.4, -0.2) is 26.6 Å². The lowest BCUT2D eigenvalue weighted by Gasteiger charge is -2.03. The molecule has 29 heavy (non-hydrogen) atoms. The molecule has 0 saturated heterocycles. The molecule has 0 unspecified atom stereocenters. The number of aromatic nitrogens is 3. The highest BCUT2D eigenvalue weighted by molar-refractivity contribution is 7.19. The van der Waals surface area contributed by atoms with Gasteiger partial charge in [-0.15, -0.1) is 11.3 Å². The topological polar surface area (TPSA) is 105 Å². The average Bonchev–Trinajstić information content (AvgIpc) is 3.35. The van der Waals surface area contributed by atoms with Crippen LogP contribution in [0.4, 0.5) is 5.13 Å². The summed E-state index contributed by atoms with van der Waals surface area (Å²) in [7, 11) is 0. The minimum absolute atomic E-state index is 0.105. The minimum Gasteiger partial charge on any atom is -0.310 e. The van der Waals surface area contributed by atoms with Gasteiger partial charge < -0.3 is 10.3 Å². The number of H-pyrrole nitrogens is 1. The van der Waals surface area contributed by atoms with Gasteiger partial charge in [0, 0.05) is 24.1 Å². The maximum Gasteiger partial charge on any atom is 0.259 e. The number of carbonyl (C=O) groups excluding carboxylic acids is 2. The van der Waals surface area contributed by atoms with Crippen molar-refractivity contribution >= 4 is 49.7 Å². The van der Waals surface area contributed by atoms with Crippen LogP contribution in [0, 0.1) is 0 Å². The molecule has 7 nitrogen and oxygen atoms in total. The molecule has 0 bridgehead atoms. The molecule has 1 amide bonds. The van der Waals surface area contributed by atoms with Crippen molar-refractivity contribution < 1.29 is 9.59 Å². The molecule has 3 aromatic heterocycles. The summed E-state index contributed by atoms with van der Waals surface area (Å²) in [6.45, 7) is 0. The third-order valence-corrected chi connectivity index (χ3v) is 7.72. The molecule has 3 aromatic rings. The Labute approximate surface area is 174 Å². The van der Waals surface area contributed by atoms with Gasteiger partial charge in [-0.3, -0.25) is 14.4 Å². The van der Waals surface area contributed by atoms with Gasteiger partial charge in [-0.2, -0.15) is 0 Å². The quantitative estimate of drug-likeness (QED) is 0.620. The zero-order valence-corrected chi connectivity index (χ0v) is 17.4. The van der Waals surface area contributed by atoms with Gasteiger partial charge in [0.1, 0.15) is 10.7 Å². The van der Waals surface area contributed by atoms with Crippen molar-refractivity contribution in [1.82, 2.24) is 15.0 Å². The van der Waals surface area contributed by atoms with Gasteiger partial charge in [0.05, 0.1) is 16.0 Å². The van der Waals surface area contributed by atoms with E-state index >= 15 is 0 Å². The number of amides is 1. The molecule has 0 fully saturated rings. The number of ketones is 1. The first-order chi connectivity index (χ1) is 14.1. The molecule has 2 aliphatic carbocycles. The summed E-state index contributed by atoms with van der Waals surface area (Å²) in [4.78, 5) is 51.6. The van der Waals surface area contributed by atoms with E-state index in [0.717, 1.165) is 60.0 Å². The number of nitrogens with zero attached hydrogens (tertiary/aromatic N) is 2. The molecule has 5 rings (SSSR count). The Morgan fingerprint density at radius 2 is 1.90 bits per heavy atom. The Balaban J connectivity index is 1.27. The van der Waals surface area contributed by atoms with Crippen molar-refractivity contribution in [3.63, 3.8) is 0 Å². The van der Waals surface area contributed by atoms with Gasteiger partial charge in [0.25, 0.3) is 5.56 Å². The predicted molar refractivity (Wildman–Crippen MR) is 113 cm³/mol. The number of aryl methyl sites for hydroxylation is 4. The van der Waals surface area contributed by atoms with Crippen molar-refractivity contribution in [2.75, 3.05) is 5.32 Å². The molecule has 0 spiro atoms. The lowest BCUT2D eigenvalue weighted by atomic mass is 10.2. The number of aromatic amines is 1. The molecular formula is C20H20N4O3S2. The molecular weight excluding hydrogens is 408 g/mol. The zero-order valence-electron chi connectivity index (χ0n) is 15.8. The maximum absolute atomic E-state index is 12.5. The SMILES string of the molecule is O=C(CCc1nc2sc3c(c2c(=O)[nH]1)CCC3)Nc1nc2c(s1)C(=O)CCCC2. The fourth-order valence-electron chi connectivity index (χ4n) is 4.06. The van der Waals surface area contributed by atoms with E-state index in [0.29, 0.717) is 28.7 Å². The van der Waals surface area contributed by atoms with Crippen molar-refractivity contribution in [2.24, 2.45) is 0 Å². The predicted octanol–water partition coefficient (Wildman–Crippen LogP) is 3.41. The third-order valence-electron chi connectivity index (χ3n) is 5.48. The van der Waals surface area contributed by atoms with Crippen LogP contribution in [0.1, 0.15) is 63.7 Å². The molecule has 3 heterocycles. The largest absolute Gasteiger partial charge is 0.310 e. The Morgan fingerprint density at radius 1 is 1.03 bits per heavy atom. The molecule has 0 saturated carbocycles. The molecule has 0 atom stereocenters. The van der Waals surface area contributed by atoms with E-state index in [1.54, 1.807) is 11.3 Å². The third kappa shape index (κ3) is 3.53. The van der Waals surface area contributed by atoms with Crippen LogP contribution in [0.25, 0.3) is 10.2 Å². The summed E-state index contributed by atoms with van der Waals surface area (Å²) in [6, 6.07) is 0. The van der Waals surface area contributed by atoms with Crippen LogP contribution >= 0.6 is 22.7 Å². The first-order valence-corrected chi connectivity index (χ1v) is 11.6. The Bertz CT molecular complexity index is 1190. The second-order valence-corrected chi connectivity index (χ2v) is 9.61. The lowest BCUT2D eigenvalue weighted by molar-refractivity contribution is -0.116. The van der Waals surface area contributed by atoms with Crippen LogP contribution in [-0.2, 0) is 30.5 Å². The Morgan fingerprint density at radius 3 is 2.79 bits per heavy atom. The summed E-state index contributed by atoms with van der Waals surface area (Å²) in [5.74, 6) is 0.453. The Kier molecular flexibility index (Phi) is 4.79. The number of thiazole rings is 1. The van der Waals surface area contributed by atoms with Crippen molar-refractivity contribution in [3.8, 4) is 0 Å². The van der Waals surface area contributed by atoms with E-state index < -0.39 is 0 Å². The number of rotatable bonds is 4. The molecule has 0 aliphatic heterocycles. The van der Waals surface area contributed by atoms with E-state index in [1.165, 1.54) is 16.2 Å². The van der Waals surface area contributed by atoms with E-state index in [9.17, 15) is 14.4 Å². The van der Waals surface area contributed by atoms with E-state index in [-0.39, 0.29) is 23.7 Å². The van der Waals surface area contributed by atoms with Crippen LogP contribution in [0.3, 0.4) is 0 Å². The first-order valence-electron chi connectivity index (χ1n) is 9.94. The number of anilines is 1. The summed E-state index contributed by atoms with van der Waals surface area (Å²) in [5.41, 5.74) is 1.85. The molecule has 2 N–H and O–H groups in total. The van der Waals surface area contributed by atoms with Gasteiger partial charge in [-0.05, 0) is 44.1 Å². The van der Waals surface area contributed by atoms with Gasteiger partial charge in [-0.1, -0.05) is 11.3 Å². The number of thiophene rings is 1. The standard InChI is InChI=1S/C20H20N4O3S2/c25-12-6-2-1-5-11-17(12)29-20(21-11)24-15(26)9-8-14-22-18(27)16-10-4-3-7-13(10)28-19(16)23-14/h1-9H2,(H,21,24,26)(H,22,23,27). The number of fused-ring (bicyclic) bond motifs is 4. The summed E-state index contributed by atoms with van der Waals surface area (Å²) in [6.07, 6.45) is 6.79. The molecule has 2 aliphatic rings. The van der Waals surface area contributed by atoms with Crippen molar-refractivity contribution in [1.29, 1.82) is 0 Å². The maximum atomic E-state index is 12.5. The number of hydrogen-bond donors (Lipinski definition) is 2. The minimum atomic E-state index is -0.197. The lowest BCUT2D eigenvalue weighted by Crippen LogP contribution is -2.16. The highest BCUT2D eigenvalue weighted by Gasteiger charge is 2.22. The van der Waals surface area contributed by atoms with Gasteiger partial charge in [-0.25, -0.2) is 9.97 Å². The fourth-order valence-corrected chi connectivity index (χ4v) is 6.34. The average molecular weight is 429 g/mol. The summed E-state index contributed by atoms with van der Waals surface area (Å²) >= 11 is 2.86. The van der Waals surface area contributed by atoms with Crippen molar-refractivity contribution in [3.05, 3.63) is 37.2 Å². The first kappa shape index (κ1) is 18.6. The molecule has 0 radical (unpaired) electrons. The van der Waals surface area contributed by atoms with E-state index in [4.69, 9.17) is 0 Å². The number of carbonyl (C=O) groups is 2.